The van der Waals surface area contributed by atoms with Crippen LogP contribution in [0.3, 0.4) is 0 Å². The number of carbonyl (C=O) groups excluding carboxylic acids is 1. The molecule has 4 nitrogen and oxygen atoms in total. The zero-order valence-corrected chi connectivity index (χ0v) is 11.4. The SMILES string of the molecule is CO[C@H]1CN(C(=O)c2ccccc2F)[C@@H]2CCCO[C@H]12. The Bertz CT molecular complexity index is 508. The first kappa shape index (κ1) is 13.5. The van der Waals surface area contributed by atoms with Gasteiger partial charge in [-0.15, -0.1) is 0 Å². The standard InChI is InChI=1S/C15H18FNO3/c1-19-13-9-17(12-7-4-8-20-14(12)13)15(18)10-5-2-3-6-11(10)16/h2-3,5-6,12-14H,4,7-9H2,1H3/t12-,13+,14+/m1/s1. The molecule has 0 bridgehead atoms. The fraction of sp³-hybridized carbons (Fsp3) is 0.533. The van der Waals surface area contributed by atoms with Crippen molar-refractivity contribution in [1.29, 1.82) is 0 Å². The van der Waals surface area contributed by atoms with Gasteiger partial charge < -0.3 is 14.4 Å². The third kappa shape index (κ3) is 2.21. The van der Waals surface area contributed by atoms with Gasteiger partial charge in [0, 0.05) is 13.7 Å². The molecule has 5 heteroatoms. The van der Waals surface area contributed by atoms with Crippen LogP contribution in [0.4, 0.5) is 4.39 Å². The Morgan fingerprint density at radius 1 is 1.45 bits per heavy atom. The van der Waals surface area contributed by atoms with Gasteiger partial charge >= 0.3 is 0 Å². The monoisotopic (exact) mass is 279 g/mol. The van der Waals surface area contributed by atoms with E-state index in [2.05, 4.69) is 0 Å². The quantitative estimate of drug-likeness (QED) is 0.829. The number of methoxy groups -OCH3 is 1. The number of halogens is 1. The van der Waals surface area contributed by atoms with Crippen molar-refractivity contribution < 1.29 is 18.7 Å². The molecular formula is C15H18FNO3. The minimum Gasteiger partial charge on any atom is -0.377 e. The Balaban J connectivity index is 1.86. The number of carbonyl (C=O) groups is 1. The zero-order valence-electron chi connectivity index (χ0n) is 11.4. The number of nitrogens with zero attached hydrogens (tertiary/aromatic N) is 1. The molecule has 3 rings (SSSR count). The molecule has 20 heavy (non-hydrogen) atoms. The van der Waals surface area contributed by atoms with Crippen LogP contribution in [0.5, 0.6) is 0 Å². The minimum atomic E-state index is -0.480. The lowest BCUT2D eigenvalue weighted by Gasteiger charge is -2.32. The molecule has 1 aromatic rings. The summed E-state index contributed by atoms with van der Waals surface area (Å²) in [7, 11) is 1.62. The molecule has 1 amide bonds. The van der Waals surface area contributed by atoms with Crippen molar-refractivity contribution in [2.45, 2.75) is 31.1 Å². The van der Waals surface area contributed by atoms with Gasteiger partial charge in [0.1, 0.15) is 18.0 Å². The molecule has 0 aliphatic carbocycles. The van der Waals surface area contributed by atoms with Crippen LogP contribution >= 0.6 is 0 Å². The second-order valence-electron chi connectivity index (χ2n) is 5.26. The summed E-state index contributed by atoms with van der Waals surface area (Å²) in [5, 5.41) is 0. The molecular weight excluding hydrogens is 261 g/mol. The van der Waals surface area contributed by atoms with Crippen LogP contribution in [0.25, 0.3) is 0 Å². The van der Waals surface area contributed by atoms with Gasteiger partial charge in [-0.2, -0.15) is 0 Å². The maximum atomic E-state index is 13.8. The second kappa shape index (κ2) is 5.50. The van der Waals surface area contributed by atoms with E-state index < -0.39 is 5.82 Å². The van der Waals surface area contributed by atoms with Crippen LogP contribution < -0.4 is 0 Å². The lowest BCUT2D eigenvalue weighted by atomic mass is 10.0. The number of likely N-dealkylation sites (tertiary alicyclic amines) is 1. The number of hydrogen-bond acceptors (Lipinski definition) is 3. The number of amides is 1. The first-order chi connectivity index (χ1) is 9.72. The summed E-state index contributed by atoms with van der Waals surface area (Å²) in [6.45, 7) is 1.15. The molecule has 2 heterocycles. The van der Waals surface area contributed by atoms with Gasteiger partial charge in [-0.25, -0.2) is 4.39 Å². The van der Waals surface area contributed by atoms with Crippen LogP contribution in [0.15, 0.2) is 24.3 Å². The van der Waals surface area contributed by atoms with E-state index in [0.29, 0.717) is 13.2 Å². The van der Waals surface area contributed by atoms with Crippen molar-refractivity contribution in [3.8, 4) is 0 Å². The summed E-state index contributed by atoms with van der Waals surface area (Å²) in [4.78, 5) is 14.3. The topological polar surface area (TPSA) is 38.8 Å². The number of fused-ring (bicyclic) bond motifs is 1. The molecule has 0 saturated carbocycles. The zero-order chi connectivity index (χ0) is 14.1. The van der Waals surface area contributed by atoms with Gasteiger partial charge in [-0.3, -0.25) is 4.79 Å². The van der Waals surface area contributed by atoms with Crippen molar-refractivity contribution in [2.24, 2.45) is 0 Å². The van der Waals surface area contributed by atoms with Crippen molar-refractivity contribution in [3.05, 3.63) is 35.6 Å². The summed E-state index contributed by atoms with van der Waals surface area (Å²) in [6.07, 6.45) is 1.57. The van der Waals surface area contributed by atoms with Gasteiger partial charge in [0.15, 0.2) is 0 Å². The predicted molar refractivity (Wildman–Crippen MR) is 71.0 cm³/mol. The molecule has 2 fully saturated rings. The second-order valence-corrected chi connectivity index (χ2v) is 5.26. The highest BCUT2D eigenvalue weighted by molar-refractivity contribution is 5.95. The highest BCUT2D eigenvalue weighted by Crippen LogP contribution is 2.31. The maximum absolute atomic E-state index is 13.8. The fourth-order valence-electron chi connectivity index (χ4n) is 3.14. The largest absolute Gasteiger partial charge is 0.377 e. The lowest BCUT2D eigenvalue weighted by Crippen LogP contribution is -2.44. The fourth-order valence-corrected chi connectivity index (χ4v) is 3.14. The average molecular weight is 279 g/mol. The Morgan fingerprint density at radius 2 is 2.25 bits per heavy atom. The first-order valence-electron chi connectivity index (χ1n) is 6.92. The average Bonchev–Trinajstić information content (AvgIpc) is 2.86. The number of benzene rings is 1. The summed E-state index contributed by atoms with van der Waals surface area (Å²) in [5.74, 6) is -0.755. The van der Waals surface area contributed by atoms with Gasteiger partial charge in [0.05, 0.1) is 18.2 Å². The Labute approximate surface area is 117 Å². The number of ether oxygens (including phenoxy) is 2. The Hall–Kier alpha value is -1.46. The maximum Gasteiger partial charge on any atom is 0.257 e. The van der Waals surface area contributed by atoms with Crippen LogP contribution in [-0.2, 0) is 9.47 Å². The van der Waals surface area contributed by atoms with Crippen molar-refractivity contribution in [1.82, 2.24) is 4.90 Å². The molecule has 1 aromatic carbocycles. The van der Waals surface area contributed by atoms with Gasteiger partial charge in [-0.05, 0) is 25.0 Å². The summed E-state index contributed by atoms with van der Waals surface area (Å²) < 4.78 is 24.9. The smallest absolute Gasteiger partial charge is 0.257 e. The van der Waals surface area contributed by atoms with Gasteiger partial charge in [0.25, 0.3) is 5.91 Å². The lowest BCUT2D eigenvalue weighted by molar-refractivity contribution is -0.0639. The van der Waals surface area contributed by atoms with Crippen molar-refractivity contribution in [3.63, 3.8) is 0 Å². The molecule has 0 aromatic heterocycles. The van der Waals surface area contributed by atoms with E-state index in [4.69, 9.17) is 9.47 Å². The Kier molecular flexibility index (Phi) is 3.72. The Morgan fingerprint density at radius 3 is 3.00 bits per heavy atom. The van der Waals surface area contributed by atoms with E-state index in [1.165, 1.54) is 12.1 Å². The summed E-state index contributed by atoms with van der Waals surface area (Å²) in [5.41, 5.74) is 0.119. The highest BCUT2D eigenvalue weighted by Gasteiger charge is 2.46. The normalized spacial score (nSPS) is 29.3. The van der Waals surface area contributed by atoms with Crippen LogP contribution in [0.1, 0.15) is 23.2 Å². The third-order valence-electron chi connectivity index (χ3n) is 4.15. The molecule has 2 saturated heterocycles. The highest BCUT2D eigenvalue weighted by atomic mass is 19.1. The van der Waals surface area contributed by atoms with Crippen LogP contribution in [0, 0.1) is 5.82 Å². The summed E-state index contributed by atoms with van der Waals surface area (Å²) >= 11 is 0. The molecule has 0 unspecified atom stereocenters. The molecule has 0 N–H and O–H groups in total. The van der Waals surface area contributed by atoms with Crippen LogP contribution in [0.2, 0.25) is 0 Å². The number of rotatable bonds is 2. The van der Waals surface area contributed by atoms with E-state index in [1.54, 1.807) is 24.1 Å². The van der Waals surface area contributed by atoms with E-state index in [9.17, 15) is 9.18 Å². The predicted octanol–water partition coefficient (Wildman–Crippen LogP) is 1.84. The summed E-state index contributed by atoms with van der Waals surface area (Å²) in [6, 6.07) is 6.08. The molecule has 2 aliphatic heterocycles. The first-order valence-corrected chi connectivity index (χ1v) is 6.92. The van der Waals surface area contributed by atoms with Gasteiger partial charge in [0.2, 0.25) is 0 Å². The molecule has 2 aliphatic rings. The molecule has 3 atom stereocenters. The van der Waals surface area contributed by atoms with Gasteiger partial charge in [-0.1, -0.05) is 12.1 Å². The molecule has 0 spiro atoms. The van der Waals surface area contributed by atoms with E-state index >= 15 is 0 Å². The van der Waals surface area contributed by atoms with E-state index in [0.717, 1.165) is 12.8 Å². The molecule has 108 valence electrons. The number of hydrogen-bond donors (Lipinski definition) is 0. The van der Waals surface area contributed by atoms with Crippen molar-refractivity contribution in [2.75, 3.05) is 20.3 Å². The van der Waals surface area contributed by atoms with E-state index in [1.807, 2.05) is 0 Å². The van der Waals surface area contributed by atoms with E-state index in [-0.39, 0.29) is 29.7 Å². The minimum absolute atomic E-state index is 0.0131. The van der Waals surface area contributed by atoms with Crippen molar-refractivity contribution >= 4 is 5.91 Å². The molecule has 0 radical (unpaired) electrons. The van der Waals surface area contributed by atoms with Crippen LogP contribution in [-0.4, -0.2) is 49.3 Å². The third-order valence-corrected chi connectivity index (χ3v) is 4.15.